The molecule has 0 radical (unpaired) electrons. The number of rotatable bonds is 8. The lowest BCUT2D eigenvalue weighted by Gasteiger charge is -2.39. The quantitative estimate of drug-likeness (QED) is 0.541. The minimum Gasteiger partial charge on any atom is -0.447 e. The van der Waals surface area contributed by atoms with E-state index in [1.165, 1.54) is 22.1 Å². The second kappa shape index (κ2) is 11.2. The SMILES string of the molecule is C=CC(=O)N1CCN(Cc2ccc([C@H](C)Nc3nc(C)nc(N4C(=O)OC[C@@H]4CC)n3)cc2C)C[C@H]1C. The largest absolute Gasteiger partial charge is 0.447 e. The molecule has 2 saturated heterocycles. The van der Waals surface area contributed by atoms with Crippen LogP contribution in [0.4, 0.5) is 16.7 Å². The zero-order valence-corrected chi connectivity index (χ0v) is 22.4. The number of nitrogens with zero attached hydrogens (tertiary/aromatic N) is 6. The van der Waals surface area contributed by atoms with Crippen molar-refractivity contribution in [1.29, 1.82) is 0 Å². The van der Waals surface area contributed by atoms with Gasteiger partial charge in [-0.05, 0) is 56.9 Å². The van der Waals surface area contributed by atoms with Gasteiger partial charge in [-0.2, -0.15) is 15.0 Å². The van der Waals surface area contributed by atoms with Crippen molar-refractivity contribution in [3.8, 4) is 0 Å². The summed E-state index contributed by atoms with van der Waals surface area (Å²) in [6.45, 7) is 17.2. The summed E-state index contributed by atoms with van der Waals surface area (Å²) in [4.78, 5) is 43.4. The molecule has 0 aliphatic carbocycles. The maximum absolute atomic E-state index is 12.3. The van der Waals surface area contributed by atoms with Crippen LogP contribution in [0.3, 0.4) is 0 Å². The Kier molecular flexibility index (Phi) is 8.06. The summed E-state index contributed by atoms with van der Waals surface area (Å²) >= 11 is 0. The molecule has 2 fully saturated rings. The maximum atomic E-state index is 12.3. The minimum atomic E-state index is -0.425. The Balaban J connectivity index is 1.42. The Labute approximate surface area is 218 Å². The van der Waals surface area contributed by atoms with E-state index in [9.17, 15) is 9.59 Å². The number of cyclic esters (lactones) is 1. The fourth-order valence-electron chi connectivity index (χ4n) is 4.95. The fourth-order valence-corrected chi connectivity index (χ4v) is 4.95. The summed E-state index contributed by atoms with van der Waals surface area (Å²) < 4.78 is 5.20. The molecule has 1 aromatic carbocycles. The molecule has 4 rings (SSSR count). The number of piperazine rings is 1. The van der Waals surface area contributed by atoms with E-state index >= 15 is 0 Å². The number of anilines is 2. The van der Waals surface area contributed by atoms with Crippen LogP contribution in [0.2, 0.25) is 0 Å². The summed E-state index contributed by atoms with van der Waals surface area (Å²) in [5.74, 6) is 1.27. The molecular formula is C27H37N7O3. The highest BCUT2D eigenvalue weighted by atomic mass is 16.6. The average Bonchev–Trinajstić information content (AvgIpc) is 3.25. The van der Waals surface area contributed by atoms with Crippen molar-refractivity contribution >= 4 is 23.9 Å². The number of hydrogen-bond acceptors (Lipinski definition) is 8. The standard InChI is InChI=1S/C27H37N7O3/c1-7-23-16-37-27(36)34(23)26-30-20(6)29-25(31-26)28-19(5)21-9-10-22(17(3)13-21)15-32-11-12-33(18(4)14-32)24(35)8-2/h8-10,13,18-19,23H,2,7,11-12,14-16H2,1,3-6H3,(H,28,29,30,31)/t18-,19+,23+/m1/s1. The third-order valence-corrected chi connectivity index (χ3v) is 7.16. The number of ether oxygens (including phenoxy) is 1. The molecule has 2 aromatic rings. The number of nitrogens with one attached hydrogen (secondary N) is 1. The Morgan fingerprint density at radius 2 is 2.05 bits per heavy atom. The number of benzene rings is 1. The number of hydrogen-bond donors (Lipinski definition) is 1. The molecule has 0 saturated carbocycles. The Morgan fingerprint density at radius 3 is 2.73 bits per heavy atom. The first-order valence-electron chi connectivity index (χ1n) is 12.9. The number of aryl methyl sites for hydroxylation is 2. The van der Waals surface area contributed by atoms with Crippen LogP contribution in [0.1, 0.15) is 55.7 Å². The number of aromatic nitrogens is 3. The van der Waals surface area contributed by atoms with Crippen molar-refractivity contribution in [2.24, 2.45) is 0 Å². The van der Waals surface area contributed by atoms with Gasteiger partial charge in [0.2, 0.25) is 17.8 Å². The molecule has 10 heteroatoms. The molecule has 2 amide bonds. The van der Waals surface area contributed by atoms with Gasteiger partial charge < -0.3 is 15.0 Å². The number of carbonyl (C=O) groups excluding carboxylic acids is 2. The lowest BCUT2D eigenvalue weighted by Crippen LogP contribution is -2.53. The molecule has 2 aliphatic heterocycles. The normalized spacial score (nSPS) is 21.1. The van der Waals surface area contributed by atoms with Crippen LogP contribution >= 0.6 is 0 Å². The summed E-state index contributed by atoms with van der Waals surface area (Å²) in [7, 11) is 0. The molecule has 1 N–H and O–H groups in total. The smallest absolute Gasteiger partial charge is 0.417 e. The summed E-state index contributed by atoms with van der Waals surface area (Å²) in [5.41, 5.74) is 3.59. The molecule has 1 aromatic heterocycles. The van der Waals surface area contributed by atoms with Crippen molar-refractivity contribution in [3.05, 3.63) is 53.4 Å². The van der Waals surface area contributed by atoms with Gasteiger partial charge in [0.15, 0.2) is 0 Å². The highest BCUT2D eigenvalue weighted by Crippen LogP contribution is 2.25. The number of amides is 2. The molecule has 2 aliphatic rings. The van der Waals surface area contributed by atoms with Gasteiger partial charge in [0.1, 0.15) is 12.4 Å². The van der Waals surface area contributed by atoms with Gasteiger partial charge in [-0.3, -0.25) is 9.69 Å². The zero-order valence-electron chi connectivity index (χ0n) is 22.4. The van der Waals surface area contributed by atoms with Crippen molar-refractivity contribution in [2.75, 3.05) is 36.5 Å². The van der Waals surface area contributed by atoms with E-state index in [-0.39, 0.29) is 24.0 Å². The van der Waals surface area contributed by atoms with E-state index in [0.717, 1.165) is 31.6 Å². The van der Waals surface area contributed by atoms with Crippen molar-refractivity contribution in [1.82, 2.24) is 24.8 Å². The molecule has 3 atom stereocenters. The molecule has 3 heterocycles. The van der Waals surface area contributed by atoms with E-state index in [1.807, 2.05) is 11.8 Å². The summed E-state index contributed by atoms with van der Waals surface area (Å²) in [5, 5.41) is 3.37. The first-order valence-corrected chi connectivity index (χ1v) is 12.9. The summed E-state index contributed by atoms with van der Waals surface area (Å²) in [6, 6.07) is 6.51. The van der Waals surface area contributed by atoms with Crippen LogP contribution in [-0.4, -0.2) is 75.1 Å². The Bertz CT molecular complexity index is 1170. The molecule has 0 spiro atoms. The second-order valence-electron chi connectivity index (χ2n) is 9.89. The highest BCUT2D eigenvalue weighted by molar-refractivity contribution is 5.88. The minimum absolute atomic E-state index is 0.000191. The topological polar surface area (TPSA) is 104 Å². The van der Waals surface area contributed by atoms with Gasteiger partial charge in [0.25, 0.3) is 0 Å². The lowest BCUT2D eigenvalue weighted by atomic mass is 10.0. The molecule has 37 heavy (non-hydrogen) atoms. The first-order chi connectivity index (χ1) is 17.7. The lowest BCUT2D eigenvalue weighted by molar-refractivity contribution is -0.130. The Hall–Kier alpha value is -3.53. The third kappa shape index (κ3) is 5.90. The highest BCUT2D eigenvalue weighted by Gasteiger charge is 2.35. The van der Waals surface area contributed by atoms with Crippen molar-refractivity contribution < 1.29 is 14.3 Å². The van der Waals surface area contributed by atoms with Gasteiger partial charge in [-0.1, -0.05) is 31.7 Å². The van der Waals surface area contributed by atoms with E-state index < -0.39 is 6.09 Å². The predicted octanol–water partition coefficient (Wildman–Crippen LogP) is 3.62. The van der Waals surface area contributed by atoms with E-state index in [1.54, 1.807) is 6.92 Å². The van der Waals surface area contributed by atoms with Crippen LogP contribution in [0, 0.1) is 13.8 Å². The molecule has 0 bridgehead atoms. The van der Waals surface area contributed by atoms with Crippen LogP contribution in [-0.2, 0) is 16.1 Å². The third-order valence-electron chi connectivity index (χ3n) is 7.16. The van der Waals surface area contributed by atoms with Gasteiger partial charge in [-0.15, -0.1) is 0 Å². The maximum Gasteiger partial charge on any atom is 0.417 e. The zero-order chi connectivity index (χ0) is 26.7. The fraction of sp³-hybridized carbons (Fsp3) is 0.519. The van der Waals surface area contributed by atoms with Gasteiger partial charge in [0.05, 0.1) is 12.1 Å². The van der Waals surface area contributed by atoms with Gasteiger partial charge in [0, 0.05) is 32.2 Å². The first kappa shape index (κ1) is 26.5. The van der Waals surface area contributed by atoms with E-state index in [4.69, 9.17) is 4.74 Å². The molecular weight excluding hydrogens is 470 g/mol. The van der Waals surface area contributed by atoms with Gasteiger partial charge in [-0.25, -0.2) is 9.69 Å². The van der Waals surface area contributed by atoms with Crippen LogP contribution in [0.15, 0.2) is 30.9 Å². The monoisotopic (exact) mass is 507 g/mol. The van der Waals surface area contributed by atoms with Crippen molar-refractivity contribution in [2.45, 2.75) is 65.7 Å². The summed E-state index contributed by atoms with van der Waals surface area (Å²) in [6.07, 6.45) is 1.72. The molecule has 0 unspecified atom stereocenters. The number of carbonyl (C=O) groups is 2. The second-order valence-corrected chi connectivity index (χ2v) is 9.89. The van der Waals surface area contributed by atoms with Gasteiger partial charge >= 0.3 is 6.09 Å². The van der Waals surface area contributed by atoms with Crippen LogP contribution in [0.5, 0.6) is 0 Å². The molecule has 10 nitrogen and oxygen atoms in total. The Morgan fingerprint density at radius 1 is 1.27 bits per heavy atom. The molecule has 198 valence electrons. The van der Waals surface area contributed by atoms with Crippen LogP contribution < -0.4 is 10.2 Å². The van der Waals surface area contributed by atoms with E-state index in [2.05, 4.69) is 70.7 Å². The van der Waals surface area contributed by atoms with Crippen LogP contribution in [0.25, 0.3) is 0 Å². The van der Waals surface area contributed by atoms with E-state index in [0.29, 0.717) is 30.9 Å². The predicted molar refractivity (Wildman–Crippen MR) is 142 cm³/mol. The average molecular weight is 508 g/mol. The van der Waals surface area contributed by atoms with Crippen molar-refractivity contribution in [3.63, 3.8) is 0 Å².